The second-order valence-corrected chi connectivity index (χ2v) is 7.59. The second kappa shape index (κ2) is 8.30. The number of rotatable bonds is 5. The van der Waals surface area contributed by atoms with Gasteiger partial charge in [0, 0.05) is 17.3 Å². The van der Waals surface area contributed by atoms with Gasteiger partial charge in [-0.3, -0.25) is 4.68 Å². The Hall–Kier alpha value is -3.78. The van der Waals surface area contributed by atoms with E-state index in [0.29, 0.717) is 0 Å². The summed E-state index contributed by atoms with van der Waals surface area (Å²) < 4.78 is 1.73. The number of benzene rings is 3. The lowest BCUT2D eigenvalue weighted by Crippen LogP contribution is -2.08. The Morgan fingerprint density at radius 3 is 2.20 bits per heavy atom. The summed E-state index contributed by atoms with van der Waals surface area (Å²) >= 11 is 0. The van der Waals surface area contributed by atoms with Crippen molar-refractivity contribution in [1.29, 1.82) is 0 Å². The van der Waals surface area contributed by atoms with Crippen molar-refractivity contribution in [2.24, 2.45) is 0 Å². The fourth-order valence-corrected chi connectivity index (χ4v) is 3.88. The minimum absolute atomic E-state index is 1.03. The zero-order valence-corrected chi connectivity index (χ0v) is 17.5. The highest BCUT2D eigenvalue weighted by atomic mass is 15.3. The van der Waals surface area contributed by atoms with Gasteiger partial charge in [-0.15, -0.1) is 0 Å². The normalized spacial score (nSPS) is 11.5. The van der Waals surface area contributed by atoms with E-state index in [9.17, 15) is 0 Å². The molecule has 2 N–H and O–H groups in total. The topological polar surface area (TPSA) is 30.9 Å². The molecule has 2 nitrogen and oxygen atoms in total. The fourth-order valence-electron chi connectivity index (χ4n) is 3.88. The molecular weight excluding hydrogens is 364 g/mol. The van der Waals surface area contributed by atoms with Crippen LogP contribution in [0.1, 0.15) is 23.6 Å². The van der Waals surface area contributed by atoms with E-state index in [-0.39, 0.29) is 0 Å². The molecule has 0 aliphatic carbocycles. The van der Waals surface area contributed by atoms with Gasteiger partial charge >= 0.3 is 0 Å². The van der Waals surface area contributed by atoms with Crippen molar-refractivity contribution in [3.8, 4) is 22.4 Å². The third-order valence-corrected chi connectivity index (χ3v) is 5.51. The van der Waals surface area contributed by atoms with E-state index in [4.69, 9.17) is 5.84 Å². The Labute approximate surface area is 178 Å². The van der Waals surface area contributed by atoms with Crippen molar-refractivity contribution in [2.45, 2.75) is 13.8 Å². The van der Waals surface area contributed by atoms with Gasteiger partial charge < -0.3 is 5.84 Å². The first-order valence-electron chi connectivity index (χ1n) is 10.1. The standard InChI is InChI=1S/C28H26N2/c1-20(21(2)24-12-6-4-7-13-24)17-23-11-10-16-26(18-23)28-22(3)27(19-30(28)29)25-14-8-5-9-15-25/h4-19H,2,29H2,1,3H3/b20-17+. The number of hydrogen-bond acceptors (Lipinski definition) is 1. The van der Waals surface area contributed by atoms with Crippen LogP contribution in [0.3, 0.4) is 0 Å². The van der Waals surface area contributed by atoms with E-state index < -0.39 is 0 Å². The summed E-state index contributed by atoms with van der Waals surface area (Å²) in [5.74, 6) is 6.37. The molecule has 0 fully saturated rings. The molecule has 148 valence electrons. The van der Waals surface area contributed by atoms with Crippen LogP contribution in [-0.2, 0) is 0 Å². The first-order valence-corrected chi connectivity index (χ1v) is 10.1. The molecule has 0 aliphatic rings. The zero-order chi connectivity index (χ0) is 21.1. The van der Waals surface area contributed by atoms with Crippen LogP contribution in [0.5, 0.6) is 0 Å². The van der Waals surface area contributed by atoms with Gasteiger partial charge in [0.1, 0.15) is 0 Å². The van der Waals surface area contributed by atoms with Crippen molar-refractivity contribution in [1.82, 2.24) is 4.68 Å². The lowest BCUT2D eigenvalue weighted by Gasteiger charge is -2.09. The maximum absolute atomic E-state index is 6.37. The van der Waals surface area contributed by atoms with Crippen LogP contribution in [0, 0.1) is 6.92 Å². The Bertz CT molecular complexity index is 1210. The molecule has 0 amide bonds. The second-order valence-electron chi connectivity index (χ2n) is 7.59. The summed E-state index contributed by atoms with van der Waals surface area (Å²) in [5, 5.41) is 0. The van der Waals surface area contributed by atoms with Crippen LogP contribution in [0.2, 0.25) is 0 Å². The quantitative estimate of drug-likeness (QED) is 0.290. The monoisotopic (exact) mass is 390 g/mol. The van der Waals surface area contributed by atoms with Gasteiger partial charge in [0.05, 0.1) is 5.69 Å². The highest BCUT2D eigenvalue weighted by molar-refractivity contribution is 5.83. The molecule has 0 aliphatic heterocycles. The first kappa shape index (κ1) is 19.5. The van der Waals surface area contributed by atoms with Crippen molar-refractivity contribution >= 4 is 11.6 Å². The Kier molecular flexibility index (Phi) is 5.40. The molecule has 0 unspecified atom stereocenters. The number of hydrogen-bond donors (Lipinski definition) is 1. The van der Waals surface area contributed by atoms with Gasteiger partial charge in [-0.05, 0) is 53.3 Å². The third kappa shape index (κ3) is 3.85. The molecular formula is C28H26N2. The molecule has 4 rings (SSSR count). The molecule has 0 bridgehead atoms. The molecule has 0 spiro atoms. The number of nitrogen functional groups attached to an aromatic ring is 1. The fraction of sp³-hybridized carbons (Fsp3) is 0.0714. The van der Waals surface area contributed by atoms with Gasteiger partial charge in [-0.1, -0.05) is 91.5 Å². The summed E-state index contributed by atoms with van der Waals surface area (Å²) in [4.78, 5) is 0. The van der Waals surface area contributed by atoms with Crippen molar-refractivity contribution in [2.75, 3.05) is 5.84 Å². The maximum atomic E-state index is 6.37. The lowest BCUT2D eigenvalue weighted by atomic mass is 9.97. The summed E-state index contributed by atoms with van der Waals surface area (Å²) in [6.07, 6.45) is 4.18. The molecule has 3 aromatic carbocycles. The Balaban J connectivity index is 1.69. The van der Waals surface area contributed by atoms with Gasteiger partial charge in [0.15, 0.2) is 0 Å². The van der Waals surface area contributed by atoms with Crippen molar-refractivity contribution < 1.29 is 0 Å². The highest BCUT2D eigenvalue weighted by Gasteiger charge is 2.14. The Morgan fingerprint density at radius 2 is 1.50 bits per heavy atom. The smallest absolute Gasteiger partial charge is 0.0725 e. The van der Waals surface area contributed by atoms with Crippen LogP contribution in [-0.4, -0.2) is 4.68 Å². The summed E-state index contributed by atoms with van der Waals surface area (Å²) in [6, 6.07) is 29.1. The minimum Gasteiger partial charge on any atom is -0.339 e. The van der Waals surface area contributed by atoms with Crippen molar-refractivity contribution in [3.63, 3.8) is 0 Å². The van der Waals surface area contributed by atoms with E-state index in [0.717, 1.165) is 39.1 Å². The zero-order valence-electron chi connectivity index (χ0n) is 17.5. The Morgan fingerprint density at radius 1 is 0.867 bits per heavy atom. The van der Waals surface area contributed by atoms with E-state index in [1.54, 1.807) is 4.68 Å². The van der Waals surface area contributed by atoms with Crippen LogP contribution in [0.15, 0.2) is 103 Å². The summed E-state index contributed by atoms with van der Waals surface area (Å²) in [6.45, 7) is 8.51. The molecule has 0 saturated carbocycles. The van der Waals surface area contributed by atoms with Crippen LogP contribution in [0.4, 0.5) is 0 Å². The molecule has 0 saturated heterocycles. The highest BCUT2D eigenvalue weighted by Crippen LogP contribution is 2.33. The first-order chi connectivity index (χ1) is 14.5. The number of allylic oxidation sites excluding steroid dienone is 2. The number of nitrogens with zero attached hydrogens (tertiary/aromatic N) is 1. The van der Waals surface area contributed by atoms with Gasteiger partial charge in [-0.25, -0.2) is 0 Å². The number of aromatic nitrogens is 1. The van der Waals surface area contributed by atoms with Crippen LogP contribution in [0.25, 0.3) is 34.0 Å². The van der Waals surface area contributed by atoms with Gasteiger partial charge in [0.25, 0.3) is 0 Å². The largest absolute Gasteiger partial charge is 0.339 e. The molecule has 1 heterocycles. The van der Waals surface area contributed by atoms with E-state index >= 15 is 0 Å². The average Bonchev–Trinajstić information content (AvgIpc) is 3.08. The van der Waals surface area contributed by atoms with Crippen molar-refractivity contribution in [3.05, 3.63) is 120 Å². The molecule has 0 radical (unpaired) electrons. The lowest BCUT2D eigenvalue weighted by molar-refractivity contribution is 1.03. The summed E-state index contributed by atoms with van der Waals surface area (Å²) in [7, 11) is 0. The molecule has 2 heteroatoms. The molecule has 4 aromatic rings. The predicted molar refractivity (Wildman–Crippen MR) is 129 cm³/mol. The van der Waals surface area contributed by atoms with E-state index in [1.807, 2.05) is 30.5 Å². The summed E-state index contributed by atoms with van der Waals surface area (Å²) in [5.41, 5.74) is 10.1. The van der Waals surface area contributed by atoms with Crippen LogP contribution < -0.4 is 5.84 Å². The number of nitrogens with two attached hydrogens (primary N) is 1. The molecule has 0 atom stereocenters. The van der Waals surface area contributed by atoms with Gasteiger partial charge in [-0.2, -0.15) is 0 Å². The maximum Gasteiger partial charge on any atom is 0.0725 e. The van der Waals surface area contributed by atoms with Gasteiger partial charge in [0.2, 0.25) is 0 Å². The third-order valence-electron chi connectivity index (χ3n) is 5.51. The van der Waals surface area contributed by atoms with Crippen LogP contribution >= 0.6 is 0 Å². The van der Waals surface area contributed by atoms with E-state index in [1.165, 1.54) is 11.1 Å². The average molecular weight is 391 g/mol. The predicted octanol–water partition coefficient (Wildman–Crippen LogP) is 6.96. The molecule has 30 heavy (non-hydrogen) atoms. The van der Waals surface area contributed by atoms with E-state index in [2.05, 4.69) is 87.2 Å². The SMILES string of the molecule is C=C(/C(C)=C/c1cccc(-c2c(C)c(-c3ccccc3)cn2N)c1)c1ccccc1. The molecule has 1 aromatic heterocycles. The minimum atomic E-state index is 1.03.